The van der Waals surface area contributed by atoms with Crippen LogP contribution in [0.1, 0.15) is 47.1 Å². The summed E-state index contributed by atoms with van der Waals surface area (Å²) in [4.78, 5) is 21.2. The van der Waals surface area contributed by atoms with E-state index in [9.17, 15) is 9.90 Å². The zero-order chi connectivity index (χ0) is 26.9. The molecule has 7 nitrogen and oxygen atoms in total. The predicted octanol–water partition coefficient (Wildman–Crippen LogP) is 5.45. The second-order valence-corrected chi connectivity index (χ2v) is 12.0. The summed E-state index contributed by atoms with van der Waals surface area (Å²) in [5.41, 5.74) is 8.49. The number of aliphatic carboxylic acids is 1. The molecule has 2 saturated heterocycles. The molecule has 0 saturated carbocycles. The maximum Gasteiger partial charge on any atom is 0.308 e. The number of nitrogens with zero attached hydrogens (tertiary/aromatic N) is 3. The number of hydrogen-bond acceptors (Lipinski definition) is 7. The van der Waals surface area contributed by atoms with Gasteiger partial charge >= 0.3 is 5.97 Å². The monoisotopic (exact) mass is 547 g/mol. The summed E-state index contributed by atoms with van der Waals surface area (Å²) in [5.74, 6) is -0.225. The topological polar surface area (TPSA) is 75.1 Å². The number of benzene rings is 2. The number of thiazole rings is 1. The molecule has 3 aliphatic heterocycles. The Bertz CT molecular complexity index is 1350. The lowest BCUT2D eigenvalue weighted by atomic mass is 9.91. The van der Waals surface area contributed by atoms with Crippen LogP contribution in [-0.2, 0) is 29.1 Å². The number of rotatable bonds is 7. The Balaban J connectivity index is 1.18. The van der Waals surface area contributed by atoms with Gasteiger partial charge < -0.3 is 19.5 Å². The molecule has 1 unspecified atom stereocenters. The first-order chi connectivity index (χ1) is 19.0. The number of fused-ring (bicyclic) bond motifs is 1. The van der Waals surface area contributed by atoms with Crippen LogP contribution in [0.2, 0.25) is 0 Å². The second-order valence-electron chi connectivity index (χ2n) is 11.2. The van der Waals surface area contributed by atoms with Gasteiger partial charge in [-0.2, -0.15) is 0 Å². The van der Waals surface area contributed by atoms with Crippen molar-refractivity contribution in [2.75, 3.05) is 37.7 Å². The fourth-order valence-corrected chi connectivity index (χ4v) is 7.06. The molecular formula is C31H37N3O4S. The van der Waals surface area contributed by atoms with Crippen molar-refractivity contribution < 1.29 is 19.4 Å². The predicted molar refractivity (Wildman–Crippen MR) is 154 cm³/mol. The number of ether oxygens (including phenoxy) is 2. The third kappa shape index (κ3) is 5.55. The molecule has 0 bridgehead atoms. The molecule has 0 amide bonds. The Labute approximate surface area is 234 Å². The first kappa shape index (κ1) is 26.3. The van der Waals surface area contributed by atoms with E-state index in [-0.39, 0.29) is 5.92 Å². The molecule has 4 heterocycles. The van der Waals surface area contributed by atoms with Crippen LogP contribution in [0.25, 0.3) is 11.3 Å². The zero-order valence-electron chi connectivity index (χ0n) is 22.8. The van der Waals surface area contributed by atoms with E-state index in [4.69, 9.17) is 14.5 Å². The molecule has 8 heteroatoms. The van der Waals surface area contributed by atoms with Crippen LogP contribution < -0.4 is 9.64 Å². The molecule has 206 valence electrons. The minimum absolute atomic E-state index is 0.330. The van der Waals surface area contributed by atoms with Crippen LogP contribution in [0, 0.1) is 19.8 Å². The lowest BCUT2D eigenvalue weighted by molar-refractivity contribution is -0.141. The number of hydrogen-bond donors (Lipinski definition) is 1. The number of carboxylic acids is 1. The summed E-state index contributed by atoms with van der Waals surface area (Å²) in [5, 5.41) is 12.4. The molecule has 2 aromatic carbocycles. The van der Waals surface area contributed by atoms with Crippen LogP contribution >= 0.6 is 11.3 Å². The molecule has 2 fully saturated rings. The van der Waals surface area contributed by atoms with Gasteiger partial charge in [0.05, 0.1) is 18.2 Å². The Morgan fingerprint density at radius 3 is 2.92 bits per heavy atom. The Morgan fingerprint density at radius 1 is 1.21 bits per heavy atom. The van der Waals surface area contributed by atoms with Crippen molar-refractivity contribution in [3.05, 3.63) is 63.5 Å². The number of aryl methyl sites for hydroxylation is 1. The van der Waals surface area contributed by atoms with E-state index in [1.54, 1.807) is 11.3 Å². The molecular weight excluding hydrogens is 510 g/mol. The van der Waals surface area contributed by atoms with Gasteiger partial charge in [-0.3, -0.25) is 9.69 Å². The molecule has 1 aromatic heterocycles. The van der Waals surface area contributed by atoms with Crippen LogP contribution in [-0.4, -0.2) is 59.8 Å². The van der Waals surface area contributed by atoms with Crippen molar-refractivity contribution in [2.24, 2.45) is 5.92 Å². The van der Waals surface area contributed by atoms with E-state index < -0.39 is 5.97 Å². The quantitative estimate of drug-likeness (QED) is 0.421. The minimum Gasteiger partial charge on any atom is -0.488 e. The Morgan fingerprint density at radius 2 is 2.10 bits per heavy atom. The van der Waals surface area contributed by atoms with Gasteiger partial charge in [-0.1, -0.05) is 23.8 Å². The summed E-state index contributed by atoms with van der Waals surface area (Å²) in [7, 11) is 0. The average molecular weight is 548 g/mol. The first-order valence-corrected chi connectivity index (χ1v) is 14.9. The van der Waals surface area contributed by atoms with Crippen molar-refractivity contribution in [2.45, 2.75) is 58.7 Å². The maximum absolute atomic E-state index is 11.5. The number of piperidine rings is 1. The normalized spacial score (nSPS) is 21.6. The van der Waals surface area contributed by atoms with Crippen molar-refractivity contribution in [1.29, 1.82) is 0 Å². The Hall–Kier alpha value is -2.94. The molecule has 0 aliphatic carbocycles. The van der Waals surface area contributed by atoms with Crippen molar-refractivity contribution >= 4 is 22.4 Å². The second kappa shape index (κ2) is 11.3. The van der Waals surface area contributed by atoms with Crippen molar-refractivity contribution in [3.63, 3.8) is 0 Å². The van der Waals surface area contributed by atoms with Gasteiger partial charge in [0.1, 0.15) is 12.4 Å². The minimum atomic E-state index is -0.718. The lowest BCUT2D eigenvalue weighted by Gasteiger charge is -2.34. The van der Waals surface area contributed by atoms with E-state index in [2.05, 4.69) is 53.3 Å². The standard InChI is InChI=1S/C31H37N3O4S/c1-20-5-8-29(27(14-20)28-19-39-31(32-28)34-11-3-4-23(16-34)30(35)36)38-17-24-7-6-22-15-33(25-10-13-37-18-25)12-9-26(22)21(24)2/h5-8,14,19,23,25H,3-4,9-13,15-18H2,1-2H3,(H,35,36)/t23-,25?/m0/s1. The molecule has 1 N–H and O–H groups in total. The fourth-order valence-electron chi connectivity index (χ4n) is 6.20. The number of aromatic nitrogens is 1. The highest BCUT2D eigenvalue weighted by molar-refractivity contribution is 7.14. The van der Waals surface area contributed by atoms with E-state index >= 15 is 0 Å². The fraction of sp³-hybridized carbons (Fsp3) is 0.484. The van der Waals surface area contributed by atoms with Crippen molar-refractivity contribution in [1.82, 2.24) is 9.88 Å². The van der Waals surface area contributed by atoms with Crippen LogP contribution in [0.3, 0.4) is 0 Å². The highest BCUT2D eigenvalue weighted by Crippen LogP contribution is 2.36. The van der Waals surface area contributed by atoms with Crippen LogP contribution in [0.5, 0.6) is 5.75 Å². The number of anilines is 1. The summed E-state index contributed by atoms with van der Waals surface area (Å²) < 4.78 is 12.1. The van der Waals surface area contributed by atoms with E-state index in [0.717, 1.165) is 86.2 Å². The molecule has 0 radical (unpaired) electrons. The van der Waals surface area contributed by atoms with Gasteiger partial charge in [0.15, 0.2) is 5.13 Å². The zero-order valence-corrected chi connectivity index (χ0v) is 23.6. The summed E-state index contributed by atoms with van der Waals surface area (Å²) in [6.07, 6.45) is 3.82. The van der Waals surface area contributed by atoms with Gasteiger partial charge in [-0.05, 0) is 73.9 Å². The van der Waals surface area contributed by atoms with E-state index in [0.29, 0.717) is 19.2 Å². The third-order valence-electron chi connectivity index (χ3n) is 8.58. The Kier molecular flexibility index (Phi) is 7.60. The average Bonchev–Trinajstić information content (AvgIpc) is 3.66. The van der Waals surface area contributed by atoms with Crippen LogP contribution in [0.15, 0.2) is 35.7 Å². The molecule has 39 heavy (non-hydrogen) atoms. The highest BCUT2D eigenvalue weighted by atomic mass is 32.1. The SMILES string of the molecule is Cc1ccc(OCc2ccc3c(c2C)CCN(C2CCOC2)C3)c(-c2csc(N3CCC[C@H](C(=O)O)C3)n2)c1. The molecule has 3 aromatic rings. The molecule has 2 atom stereocenters. The third-order valence-corrected chi connectivity index (χ3v) is 9.48. The van der Waals surface area contributed by atoms with Gasteiger partial charge in [0.2, 0.25) is 0 Å². The highest BCUT2D eigenvalue weighted by Gasteiger charge is 2.29. The number of carboxylic acid groups (broad SMARTS) is 1. The smallest absolute Gasteiger partial charge is 0.308 e. The molecule has 6 rings (SSSR count). The van der Waals surface area contributed by atoms with E-state index in [1.165, 1.54) is 22.3 Å². The van der Waals surface area contributed by atoms with Gasteiger partial charge in [0.25, 0.3) is 0 Å². The molecule has 3 aliphatic rings. The van der Waals surface area contributed by atoms with Gasteiger partial charge in [-0.15, -0.1) is 11.3 Å². The summed E-state index contributed by atoms with van der Waals surface area (Å²) >= 11 is 1.58. The lowest BCUT2D eigenvalue weighted by Crippen LogP contribution is -2.39. The van der Waals surface area contributed by atoms with Gasteiger partial charge in [0, 0.05) is 49.8 Å². The summed E-state index contributed by atoms with van der Waals surface area (Å²) in [6.45, 7) is 10.0. The van der Waals surface area contributed by atoms with Crippen molar-refractivity contribution in [3.8, 4) is 17.0 Å². The first-order valence-electron chi connectivity index (χ1n) is 14.1. The number of carbonyl (C=O) groups is 1. The van der Waals surface area contributed by atoms with Crippen LogP contribution in [0.4, 0.5) is 5.13 Å². The summed E-state index contributed by atoms with van der Waals surface area (Å²) in [6, 6.07) is 11.3. The van der Waals surface area contributed by atoms with Gasteiger partial charge in [-0.25, -0.2) is 4.98 Å². The maximum atomic E-state index is 11.5. The largest absolute Gasteiger partial charge is 0.488 e. The van der Waals surface area contributed by atoms with E-state index in [1.807, 2.05) is 6.07 Å². The molecule has 0 spiro atoms.